The van der Waals surface area contributed by atoms with Crippen molar-refractivity contribution in [3.8, 4) is 11.5 Å². The molecule has 0 unspecified atom stereocenters. The molecule has 3 aromatic rings. The summed E-state index contributed by atoms with van der Waals surface area (Å²) < 4.78 is 23.9. The lowest BCUT2D eigenvalue weighted by atomic mass is 10.0. The van der Waals surface area contributed by atoms with Crippen LogP contribution in [0.4, 0.5) is 10.1 Å². The monoisotopic (exact) mass is 432 g/mol. The standard InChI is InChI=1S/C25H21FN2O4/c1-31-20-13-7-16(8-14-20)22-23(27-19-11-9-18(26)10-12-19)25(30)28(24(22)29)15-17-5-3-4-6-21(17)32-2/h3-14,27H,15H2,1-2H3. The van der Waals surface area contributed by atoms with Crippen molar-refractivity contribution in [3.05, 3.63) is 95.4 Å². The van der Waals surface area contributed by atoms with Crippen molar-refractivity contribution >= 4 is 23.1 Å². The van der Waals surface area contributed by atoms with E-state index in [-0.39, 0.29) is 17.8 Å². The van der Waals surface area contributed by atoms with E-state index in [1.165, 1.54) is 36.3 Å². The summed E-state index contributed by atoms with van der Waals surface area (Å²) in [4.78, 5) is 27.9. The first-order chi connectivity index (χ1) is 15.5. The Hall–Kier alpha value is -4.13. The Morgan fingerprint density at radius 3 is 2.19 bits per heavy atom. The highest BCUT2D eigenvalue weighted by molar-refractivity contribution is 6.36. The molecule has 0 spiro atoms. The molecule has 1 N–H and O–H groups in total. The van der Waals surface area contributed by atoms with E-state index in [1.54, 1.807) is 43.5 Å². The second kappa shape index (κ2) is 8.93. The van der Waals surface area contributed by atoms with E-state index in [0.29, 0.717) is 28.3 Å². The molecule has 0 aromatic heterocycles. The van der Waals surface area contributed by atoms with E-state index < -0.39 is 17.6 Å². The molecule has 0 bridgehead atoms. The highest BCUT2D eigenvalue weighted by atomic mass is 19.1. The Bertz CT molecular complexity index is 1190. The minimum atomic E-state index is -0.476. The molecule has 6 nitrogen and oxygen atoms in total. The zero-order valence-electron chi connectivity index (χ0n) is 17.6. The Labute approximate surface area is 184 Å². The maximum atomic E-state index is 13.4. The van der Waals surface area contributed by atoms with Gasteiger partial charge in [-0.3, -0.25) is 14.5 Å². The summed E-state index contributed by atoms with van der Waals surface area (Å²) in [7, 11) is 3.09. The molecule has 0 saturated carbocycles. The van der Waals surface area contributed by atoms with Crippen molar-refractivity contribution in [3.63, 3.8) is 0 Å². The Morgan fingerprint density at radius 1 is 0.844 bits per heavy atom. The van der Waals surface area contributed by atoms with Gasteiger partial charge in [-0.25, -0.2) is 4.39 Å². The van der Waals surface area contributed by atoms with Gasteiger partial charge in [-0.05, 0) is 48.0 Å². The molecule has 2 amide bonds. The van der Waals surface area contributed by atoms with Crippen LogP contribution >= 0.6 is 0 Å². The summed E-state index contributed by atoms with van der Waals surface area (Å²) in [6.45, 7) is 0.0515. The number of imide groups is 1. The van der Waals surface area contributed by atoms with E-state index >= 15 is 0 Å². The summed E-state index contributed by atoms with van der Waals surface area (Å²) in [5, 5.41) is 3.01. The van der Waals surface area contributed by atoms with Crippen LogP contribution in [-0.2, 0) is 16.1 Å². The number of carbonyl (C=O) groups excluding carboxylic acids is 2. The molecule has 1 aliphatic heterocycles. The first-order valence-electron chi connectivity index (χ1n) is 9.91. The lowest BCUT2D eigenvalue weighted by Crippen LogP contribution is -2.32. The highest BCUT2D eigenvalue weighted by Gasteiger charge is 2.39. The quantitative estimate of drug-likeness (QED) is 0.566. The van der Waals surface area contributed by atoms with Gasteiger partial charge in [-0.2, -0.15) is 0 Å². The number of ether oxygens (including phenoxy) is 2. The normalized spacial score (nSPS) is 13.5. The van der Waals surface area contributed by atoms with Crippen molar-refractivity contribution in [1.29, 1.82) is 0 Å². The van der Waals surface area contributed by atoms with Crippen LogP contribution < -0.4 is 14.8 Å². The molecular formula is C25H21FN2O4. The molecular weight excluding hydrogens is 411 g/mol. The molecule has 7 heteroatoms. The van der Waals surface area contributed by atoms with Crippen molar-refractivity contribution in [2.24, 2.45) is 0 Å². The number of hydrogen-bond acceptors (Lipinski definition) is 5. The topological polar surface area (TPSA) is 67.9 Å². The molecule has 32 heavy (non-hydrogen) atoms. The van der Waals surface area contributed by atoms with Gasteiger partial charge in [0.05, 0.1) is 26.3 Å². The van der Waals surface area contributed by atoms with Crippen LogP contribution in [0.2, 0.25) is 0 Å². The number of benzene rings is 3. The van der Waals surface area contributed by atoms with E-state index in [1.807, 2.05) is 12.1 Å². The molecule has 1 aliphatic rings. The van der Waals surface area contributed by atoms with Gasteiger partial charge in [-0.15, -0.1) is 0 Å². The molecule has 0 aliphatic carbocycles. The van der Waals surface area contributed by atoms with Gasteiger partial charge >= 0.3 is 0 Å². The maximum absolute atomic E-state index is 13.4. The van der Waals surface area contributed by atoms with Crippen LogP contribution in [0.3, 0.4) is 0 Å². The molecule has 0 atom stereocenters. The van der Waals surface area contributed by atoms with Gasteiger partial charge in [0.15, 0.2) is 0 Å². The molecule has 162 valence electrons. The molecule has 1 heterocycles. The number of anilines is 1. The highest BCUT2D eigenvalue weighted by Crippen LogP contribution is 2.33. The largest absolute Gasteiger partial charge is 0.497 e. The van der Waals surface area contributed by atoms with Gasteiger partial charge in [-0.1, -0.05) is 30.3 Å². The number of nitrogens with zero attached hydrogens (tertiary/aromatic N) is 1. The Morgan fingerprint density at radius 2 is 1.53 bits per heavy atom. The number of carbonyl (C=O) groups is 2. The van der Waals surface area contributed by atoms with Crippen LogP contribution in [0.1, 0.15) is 11.1 Å². The zero-order valence-corrected chi connectivity index (χ0v) is 17.6. The fourth-order valence-electron chi connectivity index (χ4n) is 3.54. The van der Waals surface area contributed by atoms with E-state index in [2.05, 4.69) is 5.32 Å². The Balaban J connectivity index is 1.74. The van der Waals surface area contributed by atoms with Crippen molar-refractivity contribution in [2.45, 2.75) is 6.54 Å². The predicted octanol–water partition coefficient (Wildman–Crippen LogP) is 4.24. The minimum Gasteiger partial charge on any atom is -0.497 e. The smallest absolute Gasteiger partial charge is 0.278 e. The molecule has 3 aromatic carbocycles. The molecule has 0 fully saturated rings. The van der Waals surface area contributed by atoms with Crippen molar-refractivity contribution < 1.29 is 23.5 Å². The molecule has 4 rings (SSSR count). The van der Waals surface area contributed by atoms with Crippen LogP contribution in [0.5, 0.6) is 11.5 Å². The first kappa shape index (κ1) is 21.1. The lowest BCUT2D eigenvalue weighted by molar-refractivity contribution is -0.137. The Kier molecular flexibility index (Phi) is 5.89. The molecule has 0 saturated heterocycles. The number of para-hydroxylation sites is 1. The summed E-state index contributed by atoms with van der Waals surface area (Å²) in [5.41, 5.74) is 2.12. The third kappa shape index (κ3) is 4.05. The SMILES string of the molecule is COc1ccc(C2=C(Nc3ccc(F)cc3)C(=O)N(Cc3ccccc3OC)C2=O)cc1. The average Bonchev–Trinajstić information content (AvgIpc) is 3.05. The van der Waals surface area contributed by atoms with E-state index in [9.17, 15) is 14.0 Å². The fraction of sp³-hybridized carbons (Fsp3) is 0.120. The number of rotatable bonds is 7. The number of amides is 2. The summed E-state index contributed by atoms with van der Waals surface area (Å²) >= 11 is 0. The van der Waals surface area contributed by atoms with Gasteiger partial charge in [0.2, 0.25) is 0 Å². The van der Waals surface area contributed by atoms with E-state index in [4.69, 9.17) is 9.47 Å². The zero-order chi connectivity index (χ0) is 22.7. The van der Waals surface area contributed by atoms with Crippen LogP contribution in [0.25, 0.3) is 5.57 Å². The second-order valence-electron chi connectivity index (χ2n) is 7.12. The first-order valence-corrected chi connectivity index (χ1v) is 9.91. The summed E-state index contributed by atoms with van der Waals surface area (Å²) in [5.74, 6) is -0.0950. The third-order valence-corrected chi connectivity index (χ3v) is 5.18. The van der Waals surface area contributed by atoms with Crippen LogP contribution in [0, 0.1) is 5.82 Å². The third-order valence-electron chi connectivity index (χ3n) is 5.18. The minimum absolute atomic E-state index is 0.0515. The van der Waals surface area contributed by atoms with Gasteiger partial charge in [0.1, 0.15) is 23.0 Å². The average molecular weight is 432 g/mol. The summed E-state index contributed by atoms with van der Waals surface area (Å²) in [6.07, 6.45) is 0. The number of methoxy groups -OCH3 is 2. The van der Waals surface area contributed by atoms with Gasteiger partial charge in [0.25, 0.3) is 11.8 Å². The van der Waals surface area contributed by atoms with E-state index in [0.717, 1.165) is 0 Å². The van der Waals surface area contributed by atoms with Crippen molar-refractivity contribution in [1.82, 2.24) is 4.90 Å². The fourth-order valence-corrected chi connectivity index (χ4v) is 3.54. The number of nitrogens with one attached hydrogen (secondary N) is 1. The summed E-state index contributed by atoms with van der Waals surface area (Å²) in [6, 6.07) is 19.7. The second-order valence-corrected chi connectivity index (χ2v) is 7.12. The van der Waals surface area contributed by atoms with Gasteiger partial charge < -0.3 is 14.8 Å². The predicted molar refractivity (Wildman–Crippen MR) is 118 cm³/mol. The van der Waals surface area contributed by atoms with Gasteiger partial charge in [0, 0.05) is 11.3 Å². The lowest BCUT2D eigenvalue weighted by Gasteiger charge is -2.17. The van der Waals surface area contributed by atoms with Crippen LogP contribution in [-0.4, -0.2) is 30.9 Å². The van der Waals surface area contributed by atoms with Crippen LogP contribution in [0.15, 0.2) is 78.5 Å². The molecule has 0 radical (unpaired) electrons. The number of hydrogen-bond donors (Lipinski definition) is 1. The maximum Gasteiger partial charge on any atom is 0.278 e. The number of halogens is 1. The van der Waals surface area contributed by atoms with Crippen molar-refractivity contribution in [2.75, 3.05) is 19.5 Å².